The number of rotatable bonds is 6. The number of nitrogens with zero attached hydrogens (tertiary/aromatic N) is 1. The number of anilines is 1. The molecular formula is C11H14N2O5. The van der Waals surface area contributed by atoms with E-state index in [4.69, 9.17) is 9.84 Å². The third-order valence-corrected chi connectivity index (χ3v) is 2.16. The number of aliphatic carboxylic acids is 1. The van der Waals surface area contributed by atoms with E-state index in [-0.39, 0.29) is 18.0 Å². The molecular weight excluding hydrogens is 240 g/mol. The van der Waals surface area contributed by atoms with Crippen LogP contribution < -0.4 is 5.32 Å². The number of carboxylic acid groups (broad SMARTS) is 1. The lowest BCUT2D eigenvalue weighted by Gasteiger charge is -2.15. The zero-order chi connectivity index (χ0) is 13.5. The summed E-state index contributed by atoms with van der Waals surface area (Å²) in [6.45, 7) is -0.0491. The molecule has 0 bridgehead atoms. The second-order valence-corrected chi connectivity index (χ2v) is 3.38. The van der Waals surface area contributed by atoms with Crippen molar-refractivity contribution < 1.29 is 24.2 Å². The maximum atomic E-state index is 11.5. The van der Waals surface area contributed by atoms with Gasteiger partial charge in [-0.2, -0.15) is 0 Å². The molecule has 1 rings (SSSR count). The van der Waals surface area contributed by atoms with Crippen molar-refractivity contribution in [1.29, 1.82) is 0 Å². The molecule has 1 atom stereocenters. The molecule has 0 aliphatic rings. The minimum Gasteiger partial charge on any atom is -0.480 e. The van der Waals surface area contributed by atoms with Crippen LogP contribution in [0.1, 0.15) is 10.4 Å². The highest BCUT2D eigenvalue weighted by atomic mass is 16.5. The predicted molar refractivity (Wildman–Crippen MR) is 62.5 cm³/mol. The molecule has 98 valence electrons. The molecule has 1 aromatic rings. The van der Waals surface area contributed by atoms with E-state index in [1.807, 2.05) is 0 Å². The van der Waals surface area contributed by atoms with Crippen molar-refractivity contribution in [3.05, 3.63) is 23.9 Å². The first kappa shape index (κ1) is 13.9. The van der Waals surface area contributed by atoms with Gasteiger partial charge in [0.25, 0.3) is 0 Å². The van der Waals surface area contributed by atoms with Crippen LogP contribution in [0.15, 0.2) is 18.3 Å². The molecule has 7 nitrogen and oxygen atoms in total. The van der Waals surface area contributed by atoms with E-state index < -0.39 is 18.0 Å². The van der Waals surface area contributed by atoms with Crippen LogP contribution >= 0.6 is 0 Å². The van der Waals surface area contributed by atoms with Crippen LogP contribution in [0.3, 0.4) is 0 Å². The summed E-state index contributed by atoms with van der Waals surface area (Å²) in [5, 5.41) is 11.6. The van der Waals surface area contributed by atoms with Crippen molar-refractivity contribution >= 4 is 17.8 Å². The molecule has 0 aliphatic heterocycles. The monoisotopic (exact) mass is 254 g/mol. The maximum Gasteiger partial charge on any atom is 0.341 e. The Balaban J connectivity index is 2.95. The van der Waals surface area contributed by atoms with Crippen molar-refractivity contribution in [3.8, 4) is 0 Å². The smallest absolute Gasteiger partial charge is 0.341 e. The number of carbonyl (C=O) groups excluding carboxylic acids is 1. The van der Waals surface area contributed by atoms with Crippen LogP contribution in [0.4, 0.5) is 5.82 Å². The summed E-state index contributed by atoms with van der Waals surface area (Å²) in [5.74, 6) is -1.54. The number of hydrogen-bond acceptors (Lipinski definition) is 6. The summed E-state index contributed by atoms with van der Waals surface area (Å²) in [7, 11) is 2.63. The van der Waals surface area contributed by atoms with Crippen molar-refractivity contribution in [2.24, 2.45) is 0 Å². The fourth-order valence-electron chi connectivity index (χ4n) is 1.30. The highest BCUT2D eigenvalue weighted by Gasteiger charge is 2.21. The lowest BCUT2D eigenvalue weighted by molar-refractivity contribution is -0.139. The molecule has 2 N–H and O–H groups in total. The maximum absolute atomic E-state index is 11.5. The zero-order valence-corrected chi connectivity index (χ0v) is 10.0. The third-order valence-electron chi connectivity index (χ3n) is 2.16. The Morgan fingerprint density at radius 1 is 1.50 bits per heavy atom. The van der Waals surface area contributed by atoms with Gasteiger partial charge in [-0.3, -0.25) is 0 Å². The van der Waals surface area contributed by atoms with Gasteiger partial charge in [-0.15, -0.1) is 0 Å². The van der Waals surface area contributed by atoms with E-state index >= 15 is 0 Å². The van der Waals surface area contributed by atoms with Gasteiger partial charge < -0.3 is 19.9 Å². The van der Waals surface area contributed by atoms with Gasteiger partial charge in [-0.25, -0.2) is 14.6 Å². The number of esters is 1. The van der Waals surface area contributed by atoms with Gasteiger partial charge in [-0.1, -0.05) is 0 Å². The summed E-state index contributed by atoms with van der Waals surface area (Å²) < 4.78 is 9.36. The fraction of sp³-hybridized carbons (Fsp3) is 0.364. The Kier molecular flexibility index (Phi) is 5.06. The molecule has 0 amide bonds. The zero-order valence-electron chi connectivity index (χ0n) is 10.0. The van der Waals surface area contributed by atoms with Crippen molar-refractivity contribution in [1.82, 2.24) is 4.98 Å². The highest BCUT2D eigenvalue weighted by molar-refractivity contribution is 5.95. The normalized spacial score (nSPS) is 11.7. The number of carbonyl (C=O) groups is 2. The van der Waals surface area contributed by atoms with Crippen molar-refractivity contribution in [2.45, 2.75) is 6.04 Å². The van der Waals surface area contributed by atoms with Gasteiger partial charge in [-0.05, 0) is 12.1 Å². The minimum absolute atomic E-state index is 0.0491. The standard InChI is InChI=1S/C11H14N2O5/c1-17-6-8(10(14)15)13-9-7(11(16)18-2)4-3-5-12-9/h3-5,8H,6H2,1-2H3,(H,12,13)(H,14,15). The Morgan fingerprint density at radius 2 is 2.22 bits per heavy atom. The van der Waals surface area contributed by atoms with Gasteiger partial charge >= 0.3 is 11.9 Å². The molecule has 0 aromatic carbocycles. The quantitative estimate of drug-likeness (QED) is 0.708. The first-order valence-electron chi connectivity index (χ1n) is 5.11. The summed E-state index contributed by atoms with van der Waals surface area (Å²) >= 11 is 0. The summed E-state index contributed by atoms with van der Waals surface area (Å²) in [5.41, 5.74) is 0.169. The predicted octanol–water partition coefficient (Wildman–Crippen LogP) is 0.380. The first-order chi connectivity index (χ1) is 8.60. The van der Waals surface area contributed by atoms with Crippen LogP contribution in [0.5, 0.6) is 0 Å². The van der Waals surface area contributed by atoms with E-state index in [1.165, 1.54) is 26.5 Å². The average Bonchev–Trinajstić information content (AvgIpc) is 2.37. The van der Waals surface area contributed by atoms with E-state index in [0.717, 1.165) is 0 Å². The molecule has 7 heteroatoms. The second kappa shape index (κ2) is 6.55. The van der Waals surface area contributed by atoms with Crippen molar-refractivity contribution in [3.63, 3.8) is 0 Å². The van der Waals surface area contributed by atoms with Crippen LogP contribution in [0.25, 0.3) is 0 Å². The molecule has 0 saturated heterocycles. The first-order valence-corrected chi connectivity index (χ1v) is 5.11. The second-order valence-electron chi connectivity index (χ2n) is 3.38. The number of methoxy groups -OCH3 is 2. The van der Waals surface area contributed by atoms with Crippen LogP contribution in [0, 0.1) is 0 Å². The van der Waals surface area contributed by atoms with Gasteiger partial charge in [0.05, 0.1) is 13.7 Å². The molecule has 0 fully saturated rings. The topological polar surface area (TPSA) is 97.8 Å². The Bertz CT molecular complexity index is 435. The lowest BCUT2D eigenvalue weighted by atomic mass is 10.2. The molecule has 1 unspecified atom stereocenters. The third kappa shape index (κ3) is 3.42. The Hall–Kier alpha value is -2.15. The number of carboxylic acids is 1. The number of ether oxygens (including phenoxy) is 2. The molecule has 0 saturated carbocycles. The fourth-order valence-corrected chi connectivity index (χ4v) is 1.30. The van der Waals surface area contributed by atoms with Crippen LogP contribution in [0.2, 0.25) is 0 Å². The van der Waals surface area contributed by atoms with E-state index in [2.05, 4.69) is 15.0 Å². The molecule has 1 aromatic heterocycles. The lowest BCUT2D eigenvalue weighted by Crippen LogP contribution is -2.34. The molecule has 0 aliphatic carbocycles. The average molecular weight is 254 g/mol. The SMILES string of the molecule is COCC(Nc1ncccc1C(=O)OC)C(=O)O. The summed E-state index contributed by atoms with van der Waals surface area (Å²) in [6.07, 6.45) is 1.44. The molecule has 1 heterocycles. The van der Waals surface area contributed by atoms with Crippen LogP contribution in [-0.2, 0) is 14.3 Å². The van der Waals surface area contributed by atoms with Crippen LogP contribution in [-0.4, -0.2) is 48.9 Å². The number of hydrogen-bond donors (Lipinski definition) is 2. The summed E-state index contributed by atoms with van der Waals surface area (Å²) in [6, 6.07) is 2.06. The molecule has 0 spiro atoms. The Labute approximate surface area is 104 Å². The largest absolute Gasteiger partial charge is 0.480 e. The minimum atomic E-state index is -1.10. The van der Waals surface area contributed by atoms with Gasteiger partial charge in [0.2, 0.25) is 0 Å². The summed E-state index contributed by atoms with van der Waals surface area (Å²) in [4.78, 5) is 26.3. The van der Waals surface area contributed by atoms with Gasteiger partial charge in [0, 0.05) is 13.3 Å². The molecule has 18 heavy (non-hydrogen) atoms. The van der Waals surface area contributed by atoms with Crippen molar-refractivity contribution in [2.75, 3.05) is 26.1 Å². The van der Waals surface area contributed by atoms with Gasteiger partial charge in [0.1, 0.15) is 17.4 Å². The van der Waals surface area contributed by atoms with Gasteiger partial charge in [0.15, 0.2) is 0 Å². The highest BCUT2D eigenvalue weighted by Crippen LogP contribution is 2.13. The van der Waals surface area contributed by atoms with E-state index in [1.54, 1.807) is 6.07 Å². The Morgan fingerprint density at radius 3 is 2.78 bits per heavy atom. The molecule has 0 radical (unpaired) electrons. The number of nitrogens with one attached hydrogen (secondary N) is 1. The van der Waals surface area contributed by atoms with E-state index in [9.17, 15) is 9.59 Å². The number of aromatic nitrogens is 1. The van der Waals surface area contributed by atoms with E-state index in [0.29, 0.717) is 0 Å². The number of pyridine rings is 1.